The summed E-state index contributed by atoms with van der Waals surface area (Å²) in [5.74, 6) is 0.861. The van der Waals surface area contributed by atoms with Crippen LogP contribution in [0, 0.1) is 6.92 Å². The van der Waals surface area contributed by atoms with Gasteiger partial charge in [0, 0.05) is 15.7 Å². The lowest BCUT2D eigenvalue weighted by atomic mass is 10.2. The van der Waals surface area contributed by atoms with E-state index in [0.717, 1.165) is 21.5 Å². The molecule has 3 heteroatoms. The molecule has 0 fully saturated rings. The SMILES string of the molecule is Cc1cccc(OCc2c(N)cccc2Br)c1. The Kier molecular flexibility index (Phi) is 3.69. The van der Waals surface area contributed by atoms with E-state index in [9.17, 15) is 0 Å². The van der Waals surface area contributed by atoms with E-state index in [1.165, 1.54) is 5.56 Å². The molecule has 17 heavy (non-hydrogen) atoms. The molecule has 0 bridgehead atoms. The molecule has 0 unspecified atom stereocenters. The third-order valence-corrected chi connectivity index (χ3v) is 3.27. The summed E-state index contributed by atoms with van der Waals surface area (Å²) in [4.78, 5) is 0. The zero-order chi connectivity index (χ0) is 12.3. The average molecular weight is 292 g/mol. The second kappa shape index (κ2) is 5.23. The molecule has 0 heterocycles. The van der Waals surface area contributed by atoms with Crippen LogP contribution in [-0.2, 0) is 6.61 Å². The van der Waals surface area contributed by atoms with Crippen molar-refractivity contribution in [3.8, 4) is 5.75 Å². The zero-order valence-corrected chi connectivity index (χ0v) is 11.2. The van der Waals surface area contributed by atoms with E-state index in [2.05, 4.69) is 15.9 Å². The van der Waals surface area contributed by atoms with Gasteiger partial charge in [-0.1, -0.05) is 34.1 Å². The predicted octanol–water partition coefficient (Wildman–Crippen LogP) is 3.92. The highest BCUT2D eigenvalue weighted by Crippen LogP contribution is 2.24. The van der Waals surface area contributed by atoms with Gasteiger partial charge in [0.25, 0.3) is 0 Å². The Labute approximate surface area is 110 Å². The number of hydrogen-bond donors (Lipinski definition) is 1. The molecule has 0 spiro atoms. The van der Waals surface area contributed by atoms with Gasteiger partial charge in [-0.15, -0.1) is 0 Å². The van der Waals surface area contributed by atoms with Crippen LogP contribution in [0.3, 0.4) is 0 Å². The Balaban J connectivity index is 2.13. The molecular weight excluding hydrogens is 278 g/mol. The normalized spacial score (nSPS) is 10.2. The van der Waals surface area contributed by atoms with E-state index >= 15 is 0 Å². The van der Waals surface area contributed by atoms with E-state index in [0.29, 0.717) is 6.61 Å². The lowest BCUT2D eigenvalue weighted by Crippen LogP contribution is -2.01. The highest BCUT2D eigenvalue weighted by atomic mass is 79.9. The van der Waals surface area contributed by atoms with Crippen molar-refractivity contribution in [2.75, 3.05) is 5.73 Å². The van der Waals surface area contributed by atoms with Crippen LogP contribution in [0.4, 0.5) is 5.69 Å². The molecule has 0 radical (unpaired) electrons. The summed E-state index contributed by atoms with van der Waals surface area (Å²) in [6.45, 7) is 2.51. The van der Waals surface area contributed by atoms with E-state index < -0.39 is 0 Å². The van der Waals surface area contributed by atoms with E-state index in [1.54, 1.807) is 0 Å². The van der Waals surface area contributed by atoms with Gasteiger partial charge in [0.15, 0.2) is 0 Å². The Hall–Kier alpha value is -1.48. The fourth-order valence-electron chi connectivity index (χ4n) is 1.59. The number of aryl methyl sites for hydroxylation is 1. The Morgan fingerprint density at radius 2 is 1.94 bits per heavy atom. The maximum atomic E-state index is 5.91. The lowest BCUT2D eigenvalue weighted by Gasteiger charge is -2.10. The highest BCUT2D eigenvalue weighted by molar-refractivity contribution is 9.10. The molecule has 2 aromatic rings. The first-order valence-electron chi connectivity index (χ1n) is 5.39. The van der Waals surface area contributed by atoms with Gasteiger partial charge in [-0.05, 0) is 36.8 Å². The molecule has 0 saturated heterocycles. The first kappa shape index (κ1) is 12.0. The van der Waals surface area contributed by atoms with Crippen molar-refractivity contribution in [3.05, 3.63) is 58.1 Å². The molecule has 0 aliphatic rings. The van der Waals surface area contributed by atoms with Gasteiger partial charge in [-0.25, -0.2) is 0 Å². The fourth-order valence-corrected chi connectivity index (χ4v) is 2.08. The van der Waals surface area contributed by atoms with E-state index in [4.69, 9.17) is 10.5 Å². The minimum absolute atomic E-state index is 0.469. The largest absolute Gasteiger partial charge is 0.489 e. The standard InChI is InChI=1S/C14H14BrNO/c1-10-4-2-5-11(8-10)17-9-12-13(15)6-3-7-14(12)16/h2-8H,9,16H2,1H3. The van der Waals surface area contributed by atoms with E-state index in [1.807, 2.05) is 49.4 Å². The third-order valence-electron chi connectivity index (χ3n) is 2.53. The van der Waals surface area contributed by atoms with Crippen LogP contribution in [0.15, 0.2) is 46.9 Å². The van der Waals surface area contributed by atoms with Crippen LogP contribution in [0.2, 0.25) is 0 Å². The van der Waals surface area contributed by atoms with Gasteiger partial charge in [0.05, 0.1) is 0 Å². The molecule has 2 N–H and O–H groups in total. The first-order chi connectivity index (χ1) is 8.16. The molecule has 0 aliphatic heterocycles. The van der Waals surface area contributed by atoms with Gasteiger partial charge in [0.1, 0.15) is 12.4 Å². The fraction of sp³-hybridized carbons (Fsp3) is 0.143. The molecule has 0 atom stereocenters. The Bertz CT molecular complexity index is 505. The van der Waals surface area contributed by atoms with Crippen molar-refractivity contribution in [2.24, 2.45) is 0 Å². The lowest BCUT2D eigenvalue weighted by molar-refractivity contribution is 0.306. The van der Waals surface area contributed by atoms with Gasteiger partial charge < -0.3 is 10.5 Å². The highest BCUT2D eigenvalue weighted by Gasteiger charge is 2.04. The van der Waals surface area contributed by atoms with Gasteiger partial charge in [-0.3, -0.25) is 0 Å². The molecule has 2 rings (SSSR count). The number of anilines is 1. The number of rotatable bonds is 3. The molecule has 0 amide bonds. The van der Waals surface area contributed by atoms with Crippen LogP contribution in [-0.4, -0.2) is 0 Å². The molecule has 0 aromatic heterocycles. The third kappa shape index (κ3) is 3.01. The van der Waals surface area contributed by atoms with Crippen molar-refractivity contribution in [2.45, 2.75) is 13.5 Å². The van der Waals surface area contributed by atoms with Crippen LogP contribution in [0.1, 0.15) is 11.1 Å². The van der Waals surface area contributed by atoms with Crippen LogP contribution in [0.5, 0.6) is 5.75 Å². The predicted molar refractivity (Wildman–Crippen MR) is 74.1 cm³/mol. The molecule has 0 saturated carbocycles. The number of ether oxygens (including phenoxy) is 1. The number of nitrogen functional groups attached to an aromatic ring is 1. The van der Waals surface area contributed by atoms with Crippen molar-refractivity contribution in [1.29, 1.82) is 0 Å². The molecular formula is C14H14BrNO. The van der Waals surface area contributed by atoms with Crippen molar-refractivity contribution < 1.29 is 4.74 Å². The molecule has 2 nitrogen and oxygen atoms in total. The van der Waals surface area contributed by atoms with Gasteiger partial charge in [0.2, 0.25) is 0 Å². The van der Waals surface area contributed by atoms with Gasteiger partial charge in [-0.2, -0.15) is 0 Å². The van der Waals surface area contributed by atoms with E-state index in [-0.39, 0.29) is 0 Å². The summed E-state index contributed by atoms with van der Waals surface area (Å²) in [5.41, 5.74) is 8.81. The van der Waals surface area contributed by atoms with Crippen molar-refractivity contribution in [1.82, 2.24) is 0 Å². The summed E-state index contributed by atoms with van der Waals surface area (Å²) in [7, 11) is 0. The van der Waals surface area contributed by atoms with Gasteiger partial charge >= 0.3 is 0 Å². The summed E-state index contributed by atoms with van der Waals surface area (Å²) in [5, 5.41) is 0. The minimum Gasteiger partial charge on any atom is -0.489 e. The Morgan fingerprint density at radius 3 is 2.65 bits per heavy atom. The number of benzene rings is 2. The second-order valence-electron chi connectivity index (χ2n) is 3.91. The summed E-state index contributed by atoms with van der Waals surface area (Å²) < 4.78 is 6.70. The van der Waals surface area contributed by atoms with Crippen LogP contribution < -0.4 is 10.5 Å². The smallest absolute Gasteiger partial charge is 0.120 e. The maximum absolute atomic E-state index is 5.91. The molecule has 0 aliphatic carbocycles. The maximum Gasteiger partial charge on any atom is 0.120 e. The topological polar surface area (TPSA) is 35.2 Å². The monoisotopic (exact) mass is 291 g/mol. The minimum atomic E-state index is 0.469. The summed E-state index contributed by atoms with van der Waals surface area (Å²) in [6, 6.07) is 13.7. The number of hydrogen-bond acceptors (Lipinski definition) is 2. The summed E-state index contributed by atoms with van der Waals surface area (Å²) in [6.07, 6.45) is 0. The average Bonchev–Trinajstić information content (AvgIpc) is 2.28. The number of halogens is 1. The molecule has 88 valence electrons. The first-order valence-corrected chi connectivity index (χ1v) is 6.18. The van der Waals surface area contributed by atoms with Crippen LogP contribution in [0.25, 0.3) is 0 Å². The van der Waals surface area contributed by atoms with Crippen LogP contribution >= 0.6 is 15.9 Å². The quantitative estimate of drug-likeness (QED) is 0.870. The van der Waals surface area contributed by atoms with Crippen molar-refractivity contribution >= 4 is 21.6 Å². The summed E-state index contributed by atoms with van der Waals surface area (Å²) >= 11 is 3.48. The number of nitrogens with two attached hydrogens (primary N) is 1. The zero-order valence-electron chi connectivity index (χ0n) is 9.61. The van der Waals surface area contributed by atoms with Crippen molar-refractivity contribution in [3.63, 3.8) is 0 Å². The second-order valence-corrected chi connectivity index (χ2v) is 4.77. The molecule has 2 aromatic carbocycles. The Morgan fingerprint density at radius 1 is 1.18 bits per heavy atom.